The fourth-order valence-electron chi connectivity index (χ4n) is 2.72. The maximum Gasteiger partial charge on any atom is 0.155 e. The molecule has 90 valence electrons. The zero-order chi connectivity index (χ0) is 11.7. The van der Waals surface area contributed by atoms with Gasteiger partial charge in [-0.2, -0.15) is 5.10 Å². The normalized spacial score (nSPS) is 21.4. The molecule has 1 atom stereocenters. The van der Waals surface area contributed by atoms with Gasteiger partial charge in [0.05, 0.1) is 0 Å². The van der Waals surface area contributed by atoms with Crippen molar-refractivity contribution in [3.63, 3.8) is 0 Å². The molecule has 3 heterocycles. The maximum absolute atomic E-state index is 4.57. The van der Waals surface area contributed by atoms with Gasteiger partial charge >= 0.3 is 0 Å². The van der Waals surface area contributed by atoms with Crippen LogP contribution >= 0.6 is 0 Å². The minimum Gasteiger partial charge on any atom is -0.300 e. The summed E-state index contributed by atoms with van der Waals surface area (Å²) >= 11 is 0. The number of fused-ring (bicyclic) bond motifs is 1. The third-order valence-electron chi connectivity index (χ3n) is 3.61. The Balaban J connectivity index is 1.80. The van der Waals surface area contributed by atoms with E-state index in [9.17, 15) is 0 Å². The second-order valence-corrected chi connectivity index (χ2v) is 4.66. The number of hydrogen-bond acceptors (Lipinski definition) is 3. The zero-order valence-electron chi connectivity index (χ0n) is 10.2. The van der Waals surface area contributed by atoms with E-state index in [0.29, 0.717) is 6.04 Å². The van der Waals surface area contributed by atoms with Crippen molar-refractivity contribution in [2.75, 3.05) is 13.1 Å². The number of likely N-dealkylation sites (tertiary alicyclic amines) is 1. The maximum atomic E-state index is 4.57. The molecule has 1 aliphatic rings. The van der Waals surface area contributed by atoms with Gasteiger partial charge in [-0.3, -0.25) is 0 Å². The molecule has 1 fully saturated rings. The van der Waals surface area contributed by atoms with Crippen molar-refractivity contribution in [3.8, 4) is 0 Å². The monoisotopic (exact) mass is 230 g/mol. The first-order chi connectivity index (χ1) is 8.36. The Kier molecular flexibility index (Phi) is 2.81. The average molecular weight is 230 g/mol. The summed E-state index contributed by atoms with van der Waals surface area (Å²) in [6.45, 7) is 4.60. The number of pyridine rings is 1. The molecule has 2 aromatic rings. The standard InChI is InChI=1S/C13H18N4/c1-2-16-8-5-6-11(16)10-12-14-13-7-3-4-9-17(13)15-12/h3-4,7,9,11H,2,5-6,8,10H2,1H3. The topological polar surface area (TPSA) is 33.4 Å². The van der Waals surface area contributed by atoms with Crippen LogP contribution in [0.5, 0.6) is 0 Å². The van der Waals surface area contributed by atoms with E-state index in [4.69, 9.17) is 0 Å². The molecule has 0 N–H and O–H groups in total. The summed E-state index contributed by atoms with van der Waals surface area (Å²) in [5.41, 5.74) is 0.948. The van der Waals surface area contributed by atoms with Gasteiger partial charge in [-0.15, -0.1) is 0 Å². The van der Waals surface area contributed by atoms with Crippen molar-refractivity contribution in [3.05, 3.63) is 30.2 Å². The van der Waals surface area contributed by atoms with Gasteiger partial charge in [-0.05, 0) is 38.1 Å². The summed E-state index contributed by atoms with van der Waals surface area (Å²) < 4.78 is 1.86. The SMILES string of the molecule is CCN1CCCC1Cc1nc2ccccn2n1. The van der Waals surface area contributed by atoms with Gasteiger partial charge in [-0.25, -0.2) is 9.50 Å². The number of likely N-dealkylation sites (N-methyl/N-ethyl adjacent to an activating group) is 1. The Labute approximate surface area is 101 Å². The molecule has 1 unspecified atom stereocenters. The lowest BCUT2D eigenvalue weighted by Gasteiger charge is -2.21. The predicted molar refractivity (Wildman–Crippen MR) is 67.0 cm³/mol. The van der Waals surface area contributed by atoms with Gasteiger partial charge < -0.3 is 4.90 Å². The van der Waals surface area contributed by atoms with Crippen LogP contribution in [0.3, 0.4) is 0 Å². The van der Waals surface area contributed by atoms with E-state index >= 15 is 0 Å². The van der Waals surface area contributed by atoms with Gasteiger partial charge in [0, 0.05) is 18.7 Å². The fraction of sp³-hybridized carbons (Fsp3) is 0.538. The van der Waals surface area contributed by atoms with E-state index in [1.165, 1.54) is 19.4 Å². The van der Waals surface area contributed by atoms with E-state index in [-0.39, 0.29) is 0 Å². The van der Waals surface area contributed by atoms with E-state index in [1.807, 2.05) is 28.9 Å². The van der Waals surface area contributed by atoms with Crippen molar-refractivity contribution in [2.24, 2.45) is 0 Å². The Morgan fingerprint density at radius 3 is 3.18 bits per heavy atom. The van der Waals surface area contributed by atoms with Crippen LogP contribution in [0.1, 0.15) is 25.6 Å². The molecule has 0 saturated carbocycles. The highest BCUT2D eigenvalue weighted by molar-refractivity contribution is 5.36. The van der Waals surface area contributed by atoms with Crippen LogP contribution in [-0.2, 0) is 6.42 Å². The molecule has 4 nitrogen and oxygen atoms in total. The Hall–Kier alpha value is -1.42. The van der Waals surface area contributed by atoms with Crippen molar-refractivity contribution >= 4 is 5.65 Å². The second kappa shape index (κ2) is 4.45. The Morgan fingerprint density at radius 2 is 2.35 bits per heavy atom. The second-order valence-electron chi connectivity index (χ2n) is 4.66. The molecule has 3 rings (SSSR count). The van der Waals surface area contributed by atoms with Gasteiger partial charge in [0.15, 0.2) is 11.5 Å². The number of nitrogens with zero attached hydrogens (tertiary/aromatic N) is 4. The van der Waals surface area contributed by atoms with E-state index < -0.39 is 0 Å². The first kappa shape index (κ1) is 10.7. The molecule has 0 aromatic carbocycles. The minimum atomic E-state index is 0.636. The van der Waals surface area contributed by atoms with Crippen LogP contribution < -0.4 is 0 Å². The summed E-state index contributed by atoms with van der Waals surface area (Å²) in [4.78, 5) is 7.10. The molecule has 1 saturated heterocycles. The van der Waals surface area contributed by atoms with Crippen LogP contribution in [0, 0.1) is 0 Å². The van der Waals surface area contributed by atoms with Crippen LogP contribution in [0.4, 0.5) is 0 Å². The molecule has 1 aliphatic heterocycles. The van der Waals surface area contributed by atoms with E-state index in [1.54, 1.807) is 0 Å². The Bertz CT molecular complexity index is 472. The minimum absolute atomic E-state index is 0.636. The molecule has 0 radical (unpaired) electrons. The third-order valence-corrected chi connectivity index (χ3v) is 3.61. The van der Waals surface area contributed by atoms with Gasteiger partial charge in [0.1, 0.15) is 0 Å². The quantitative estimate of drug-likeness (QED) is 0.805. The van der Waals surface area contributed by atoms with Gasteiger partial charge in [-0.1, -0.05) is 13.0 Å². The van der Waals surface area contributed by atoms with Crippen molar-refractivity contribution < 1.29 is 0 Å². The smallest absolute Gasteiger partial charge is 0.155 e. The Morgan fingerprint density at radius 1 is 1.41 bits per heavy atom. The molecule has 0 aliphatic carbocycles. The number of aromatic nitrogens is 3. The highest BCUT2D eigenvalue weighted by Gasteiger charge is 2.24. The van der Waals surface area contributed by atoms with Crippen molar-refractivity contribution in [1.29, 1.82) is 0 Å². The summed E-state index contributed by atoms with van der Waals surface area (Å²) in [6, 6.07) is 6.63. The lowest BCUT2D eigenvalue weighted by molar-refractivity contribution is 0.263. The molecule has 0 bridgehead atoms. The molecule has 0 amide bonds. The predicted octanol–water partition coefficient (Wildman–Crippen LogP) is 1.76. The van der Waals surface area contributed by atoms with E-state index in [2.05, 4.69) is 21.9 Å². The van der Waals surface area contributed by atoms with Gasteiger partial charge in [0.25, 0.3) is 0 Å². The third kappa shape index (κ3) is 2.05. The van der Waals surface area contributed by atoms with Crippen LogP contribution in [0.15, 0.2) is 24.4 Å². The number of rotatable bonds is 3. The molecule has 2 aromatic heterocycles. The fourth-order valence-corrected chi connectivity index (χ4v) is 2.72. The number of hydrogen-bond donors (Lipinski definition) is 0. The van der Waals surface area contributed by atoms with Crippen LogP contribution in [0.2, 0.25) is 0 Å². The van der Waals surface area contributed by atoms with Crippen LogP contribution in [0.25, 0.3) is 5.65 Å². The molecular weight excluding hydrogens is 212 g/mol. The van der Waals surface area contributed by atoms with Crippen LogP contribution in [-0.4, -0.2) is 38.6 Å². The summed E-state index contributed by atoms with van der Waals surface area (Å²) in [6.07, 6.45) is 5.53. The highest BCUT2D eigenvalue weighted by Crippen LogP contribution is 2.19. The average Bonchev–Trinajstić information content (AvgIpc) is 2.94. The van der Waals surface area contributed by atoms with Gasteiger partial charge in [0.2, 0.25) is 0 Å². The summed E-state index contributed by atoms with van der Waals surface area (Å²) in [7, 11) is 0. The molecular formula is C13H18N4. The summed E-state index contributed by atoms with van der Waals surface area (Å²) in [5, 5.41) is 4.52. The molecule has 4 heteroatoms. The zero-order valence-corrected chi connectivity index (χ0v) is 10.2. The molecule has 0 spiro atoms. The molecule has 17 heavy (non-hydrogen) atoms. The summed E-state index contributed by atoms with van der Waals surface area (Å²) in [5.74, 6) is 0.974. The lowest BCUT2D eigenvalue weighted by atomic mass is 10.1. The largest absolute Gasteiger partial charge is 0.300 e. The first-order valence-electron chi connectivity index (χ1n) is 6.41. The highest BCUT2D eigenvalue weighted by atomic mass is 15.3. The first-order valence-corrected chi connectivity index (χ1v) is 6.41. The lowest BCUT2D eigenvalue weighted by Crippen LogP contribution is -2.31. The van der Waals surface area contributed by atoms with Crippen molar-refractivity contribution in [2.45, 2.75) is 32.2 Å². The van der Waals surface area contributed by atoms with Crippen molar-refractivity contribution in [1.82, 2.24) is 19.5 Å². The van der Waals surface area contributed by atoms with E-state index in [0.717, 1.165) is 24.4 Å².